The summed E-state index contributed by atoms with van der Waals surface area (Å²) in [5.41, 5.74) is -0.947. The molecule has 1 aromatic rings. The molecule has 0 spiro atoms. The van der Waals surface area contributed by atoms with Crippen LogP contribution in [0.2, 0.25) is 0 Å². The zero-order valence-electron chi connectivity index (χ0n) is 7.08. The maximum atomic E-state index is 13.1. The fourth-order valence-corrected chi connectivity index (χ4v) is 1.60. The van der Waals surface area contributed by atoms with Gasteiger partial charge in [0.2, 0.25) is 5.82 Å². The lowest BCUT2D eigenvalue weighted by atomic mass is 10.1. The Bertz CT molecular complexity index is 419. The molecule has 0 bridgehead atoms. The van der Waals surface area contributed by atoms with E-state index in [1.807, 2.05) is 0 Å². The fourth-order valence-electron chi connectivity index (χ4n) is 1.02. The average Bonchev–Trinajstić information content (AvgIpc) is 2.01. The van der Waals surface area contributed by atoms with Gasteiger partial charge in [-0.1, -0.05) is 0 Å². The van der Waals surface area contributed by atoms with Crippen molar-refractivity contribution in [2.75, 3.05) is 0 Å². The molecule has 0 atom stereocenters. The standard InChI is InChI=1S/C8H5FINO3/c1-4(12)6-2-5(10)3-7(9)8(6)11(13)14/h2-3H,1H3. The van der Waals surface area contributed by atoms with Crippen LogP contribution in [0.5, 0.6) is 0 Å². The molecule has 74 valence electrons. The molecule has 0 aliphatic heterocycles. The Morgan fingerprint density at radius 1 is 1.57 bits per heavy atom. The minimum atomic E-state index is -0.980. The summed E-state index contributed by atoms with van der Waals surface area (Å²) in [6.45, 7) is 1.16. The van der Waals surface area contributed by atoms with E-state index >= 15 is 0 Å². The van der Waals surface area contributed by atoms with Crippen LogP contribution >= 0.6 is 22.6 Å². The van der Waals surface area contributed by atoms with Crippen molar-refractivity contribution in [2.45, 2.75) is 6.92 Å². The highest BCUT2D eigenvalue weighted by atomic mass is 127. The van der Waals surface area contributed by atoms with E-state index in [0.717, 1.165) is 13.0 Å². The zero-order valence-corrected chi connectivity index (χ0v) is 9.24. The molecular formula is C8H5FINO3. The van der Waals surface area contributed by atoms with Gasteiger partial charge >= 0.3 is 5.69 Å². The Labute approximate surface area is 92.4 Å². The average molecular weight is 309 g/mol. The largest absolute Gasteiger partial charge is 0.315 e. The molecule has 0 aliphatic carbocycles. The van der Waals surface area contributed by atoms with Crippen LogP contribution in [0.25, 0.3) is 0 Å². The fraction of sp³-hybridized carbons (Fsp3) is 0.125. The molecule has 0 saturated carbocycles. The minimum absolute atomic E-state index is 0.195. The first-order valence-electron chi connectivity index (χ1n) is 3.58. The topological polar surface area (TPSA) is 60.2 Å². The Morgan fingerprint density at radius 2 is 2.14 bits per heavy atom. The summed E-state index contributed by atoms with van der Waals surface area (Å²) in [5, 5.41) is 10.5. The van der Waals surface area contributed by atoms with Gasteiger partial charge in [-0.25, -0.2) is 0 Å². The Morgan fingerprint density at radius 3 is 2.57 bits per heavy atom. The van der Waals surface area contributed by atoms with E-state index in [1.165, 1.54) is 6.07 Å². The molecule has 0 radical (unpaired) electrons. The summed E-state index contributed by atoms with van der Waals surface area (Å²) in [6.07, 6.45) is 0. The number of nitro benzene ring substituents is 1. The third-order valence-corrected chi connectivity index (χ3v) is 2.21. The first-order chi connectivity index (χ1) is 6.43. The molecule has 1 aromatic carbocycles. The zero-order chi connectivity index (χ0) is 10.9. The number of hydrogen-bond acceptors (Lipinski definition) is 3. The van der Waals surface area contributed by atoms with E-state index < -0.39 is 22.2 Å². The Kier molecular flexibility index (Phi) is 3.14. The number of ketones is 1. The highest BCUT2D eigenvalue weighted by Crippen LogP contribution is 2.25. The van der Waals surface area contributed by atoms with Crippen molar-refractivity contribution in [1.82, 2.24) is 0 Å². The molecule has 0 heterocycles. The minimum Gasteiger partial charge on any atom is -0.294 e. The summed E-state index contributed by atoms with van der Waals surface area (Å²) >= 11 is 1.79. The molecule has 0 unspecified atom stereocenters. The van der Waals surface area contributed by atoms with Crippen molar-refractivity contribution in [3.8, 4) is 0 Å². The van der Waals surface area contributed by atoms with Gasteiger partial charge in [-0.3, -0.25) is 14.9 Å². The molecule has 0 aromatic heterocycles. The van der Waals surface area contributed by atoms with Gasteiger partial charge < -0.3 is 0 Å². The SMILES string of the molecule is CC(=O)c1cc(I)cc(F)c1[N+](=O)[O-]. The lowest BCUT2D eigenvalue weighted by molar-refractivity contribution is -0.387. The van der Waals surface area contributed by atoms with Crippen LogP contribution in [0.15, 0.2) is 12.1 Å². The molecule has 0 saturated heterocycles. The van der Waals surface area contributed by atoms with Crippen molar-refractivity contribution >= 4 is 34.1 Å². The smallest absolute Gasteiger partial charge is 0.294 e. The monoisotopic (exact) mass is 309 g/mol. The normalized spacial score (nSPS) is 9.93. The number of carbonyl (C=O) groups is 1. The second-order valence-corrected chi connectivity index (χ2v) is 3.84. The lowest BCUT2D eigenvalue weighted by Crippen LogP contribution is -2.03. The van der Waals surface area contributed by atoms with Crippen LogP contribution in [0.3, 0.4) is 0 Å². The van der Waals surface area contributed by atoms with Gasteiger partial charge in [-0.15, -0.1) is 0 Å². The third-order valence-electron chi connectivity index (χ3n) is 1.59. The number of nitro groups is 1. The molecular weight excluding hydrogens is 304 g/mol. The quantitative estimate of drug-likeness (QED) is 0.365. The van der Waals surface area contributed by atoms with Crippen molar-refractivity contribution in [2.24, 2.45) is 0 Å². The van der Waals surface area contributed by atoms with Gasteiger partial charge in [0.15, 0.2) is 5.78 Å². The molecule has 14 heavy (non-hydrogen) atoms. The molecule has 0 fully saturated rings. The van der Waals surface area contributed by atoms with Crippen molar-refractivity contribution in [3.05, 3.63) is 37.2 Å². The number of halogens is 2. The van der Waals surface area contributed by atoms with Crippen LogP contribution in [-0.4, -0.2) is 10.7 Å². The van der Waals surface area contributed by atoms with E-state index in [2.05, 4.69) is 0 Å². The molecule has 0 N–H and O–H groups in total. The second-order valence-electron chi connectivity index (χ2n) is 2.60. The van der Waals surface area contributed by atoms with Crippen LogP contribution in [-0.2, 0) is 0 Å². The van der Waals surface area contributed by atoms with Crippen molar-refractivity contribution < 1.29 is 14.1 Å². The molecule has 0 amide bonds. The molecule has 6 heteroatoms. The third kappa shape index (κ3) is 2.06. The van der Waals surface area contributed by atoms with E-state index in [-0.39, 0.29) is 5.56 Å². The summed E-state index contributed by atoms with van der Waals surface area (Å²) in [7, 11) is 0. The highest BCUT2D eigenvalue weighted by Gasteiger charge is 2.23. The molecule has 0 aliphatic rings. The predicted octanol–water partition coefficient (Wildman–Crippen LogP) is 2.54. The van der Waals surface area contributed by atoms with E-state index in [1.54, 1.807) is 22.6 Å². The van der Waals surface area contributed by atoms with E-state index in [0.29, 0.717) is 3.57 Å². The van der Waals surface area contributed by atoms with Gasteiger partial charge in [0.25, 0.3) is 0 Å². The number of nitrogens with zero attached hydrogens (tertiary/aromatic N) is 1. The number of benzene rings is 1. The maximum absolute atomic E-state index is 13.1. The lowest BCUT2D eigenvalue weighted by Gasteiger charge is -2.00. The first kappa shape index (κ1) is 11.0. The summed E-state index contributed by atoms with van der Waals surface area (Å²) in [5.74, 6) is -1.50. The number of carbonyl (C=O) groups excluding carboxylic acids is 1. The number of hydrogen-bond donors (Lipinski definition) is 0. The number of Topliss-reactive ketones (excluding diaryl/α,β-unsaturated/α-hetero) is 1. The van der Waals surface area contributed by atoms with Gasteiger partial charge in [0, 0.05) is 3.57 Å². The first-order valence-corrected chi connectivity index (χ1v) is 4.65. The van der Waals surface area contributed by atoms with Gasteiger partial charge in [-0.05, 0) is 41.6 Å². The maximum Gasteiger partial charge on any atom is 0.315 e. The molecule has 1 rings (SSSR count). The predicted molar refractivity (Wildman–Crippen MR) is 55.8 cm³/mol. The highest BCUT2D eigenvalue weighted by molar-refractivity contribution is 14.1. The Balaban J connectivity index is 3.52. The van der Waals surface area contributed by atoms with Crippen LogP contribution < -0.4 is 0 Å². The summed E-state index contributed by atoms with van der Waals surface area (Å²) in [4.78, 5) is 20.6. The van der Waals surface area contributed by atoms with Crippen molar-refractivity contribution in [1.29, 1.82) is 0 Å². The van der Waals surface area contributed by atoms with Crippen LogP contribution in [0.4, 0.5) is 10.1 Å². The van der Waals surface area contributed by atoms with Crippen molar-refractivity contribution in [3.63, 3.8) is 0 Å². The Hall–Kier alpha value is -1.05. The summed E-state index contributed by atoms with van der Waals surface area (Å²) < 4.78 is 13.6. The van der Waals surface area contributed by atoms with E-state index in [4.69, 9.17) is 0 Å². The second kappa shape index (κ2) is 3.99. The van der Waals surface area contributed by atoms with Gasteiger partial charge in [0.05, 0.1) is 10.5 Å². The van der Waals surface area contributed by atoms with Gasteiger partial charge in [0.1, 0.15) is 0 Å². The number of rotatable bonds is 2. The van der Waals surface area contributed by atoms with Crippen LogP contribution in [0, 0.1) is 19.5 Å². The van der Waals surface area contributed by atoms with Gasteiger partial charge in [-0.2, -0.15) is 4.39 Å². The molecule has 4 nitrogen and oxygen atoms in total. The van der Waals surface area contributed by atoms with E-state index in [9.17, 15) is 19.3 Å². The van der Waals surface area contributed by atoms with Crippen LogP contribution in [0.1, 0.15) is 17.3 Å². The summed E-state index contributed by atoms with van der Waals surface area (Å²) in [6, 6.07) is 2.31.